The van der Waals surface area contributed by atoms with Crippen LogP contribution in [0.4, 0.5) is 10.1 Å². The van der Waals surface area contributed by atoms with Gasteiger partial charge in [0.25, 0.3) is 5.91 Å². The molecule has 1 N–H and O–H groups in total. The van der Waals surface area contributed by atoms with Crippen molar-refractivity contribution in [2.24, 2.45) is 0 Å². The lowest BCUT2D eigenvalue weighted by Gasteiger charge is -2.23. The van der Waals surface area contributed by atoms with Gasteiger partial charge in [0.05, 0.1) is 34.6 Å². The fraction of sp³-hybridized carbons (Fsp3) is 0.176. The SMILES string of the molecule is CNC(=O)c1c(-c2ccc(C)cc2)oc2cc(N(C)S(C)(=O)=O)c(-c3ccc4c(n3)-c3cc5cc(F)ccc5n3CC4)cc12. The molecule has 0 atom stereocenters. The van der Waals surface area contributed by atoms with E-state index in [0.29, 0.717) is 39.2 Å². The van der Waals surface area contributed by atoms with Gasteiger partial charge in [-0.1, -0.05) is 35.9 Å². The Kier molecular flexibility index (Phi) is 6.36. The fourth-order valence-electron chi connectivity index (χ4n) is 6.01. The number of carbonyl (C=O) groups is 1. The number of fused-ring (bicyclic) bond motifs is 6. The number of furan rings is 1. The standard InChI is InChI=1S/C34H29FN4O4S/c1-19-5-7-21(8-6-19)33-31(34(40)36-2)25-17-24(28(18-30(25)43-33)38(3)44(4,41)42)26-11-9-20-13-14-39-27-12-10-23(35)15-22(27)16-29(39)32(20)37-26/h5-12,15-18H,13-14H2,1-4H3,(H,36,40). The molecule has 3 aromatic heterocycles. The first-order valence-electron chi connectivity index (χ1n) is 14.2. The van der Waals surface area contributed by atoms with Crippen molar-refractivity contribution < 1.29 is 22.0 Å². The van der Waals surface area contributed by atoms with Crippen molar-refractivity contribution >= 4 is 43.5 Å². The maximum atomic E-state index is 14.1. The number of amides is 1. The van der Waals surface area contributed by atoms with E-state index in [0.717, 1.165) is 58.2 Å². The average molecular weight is 609 g/mol. The highest BCUT2D eigenvalue weighted by atomic mass is 32.2. The third-order valence-corrected chi connectivity index (χ3v) is 9.57. The highest BCUT2D eigenvalue weighted by molar-refractivity contribution is 7.92. The number of nitrogens with zero attached hydrogens (tertiary/aromatic N) is 3. The average Bonchev–Trinajstić information content (AvgIpc) is 3.57. The van der Waals surface area contributed by atoms with Gasteiger partial charge >= 0.3 is 0 Å². The van der Waals surface area contributed by atoms with Crippen molar-refractivity contribution in [2.75, 3.05) is 24.7 Å². The first kappa shape index (κ1) is 27.8. The molecule has 44 heavy (non-hydrogen) atoms. The van der Waals surface area contributed by atoms with Crippen LogP contribution in [-0.2, 0) is 23.0 Å². The summed E-state index contributed by atoms with van der Waals surface area (Å²) in [6.45, 7) is 2.71. The molecule has 0 radical (unpaired) electrons. The number of anilines is 1. The molecule has 1 aliphatic rings. The third-order valence-electron chi connectivity index (χ3n) is 8.38. The fourth-order valence-corrected chi connectivity index (χ4v) is 6.52. The van der Waals surface area contributed by atoms with Gasteiger partial charge in [-0.05, 0) is 55.3 Å². The zero-order chi connectivity index (χ0) is 30.9. The van der Waals surface area contributed by atoms with Crippen LogP contribution in [0.25, 0.3) is 55.8 Å². The third kappa shape index (κ3) is 4.44. The predicted molar refractivity (Wildman–Crippen MR) is 171 cm³/mol. The van der Waals surface area contributed by atoms with Gasteiger partial charge in [-0.3, -0.25) is 9.10 Å². The molecule has 0 saturated heterocycles. The lowest BCUT2D eigenvalue weighted by Crippen LogP contribution is -2.25. The van der Waals surface area contributed by atoms with E-state index in [1.165, 1.54) is 23.5 Å². The minimum Gasteiger partial charge on any atom is -0.455 e. The summed E-state index contributed by atoms with van der Waals surface area (Å²) in [6.07, 6.45) is 1.88. The number of rotatable bonds is 5. The molecule has 7 rings (SSSR count). The number of aryl methyl sites for hydroxylation is 3. The lowest BCUT2D eigenvalue weighted by atomic mass is 9.98. The van der Waals surface area contributed by atoms with E-state index in [1.54, 1.807) is 25.2 Å². The van der Waals surface area contributed by atoms with E-state index < -0.39 is 10.0 Å². The molecule has 0 spiro atoms. The lowest BCUT2D eigenvalue weighted by molar-refractivity contribution is 0.0964. The molecule has 0 unspecified atom stereocenters. The van der Waals surface area contributed by atoms with Crippen LogP contribution in [-0.4, -0.2) is 44.2 Å². The number of pyridine rings is 1. The Morgan fingerprint density at radius 1 is 1.05 bits per heavy atom. The summed E-state index contributed by atoms with van der Waals surface area (Å²) in [6, 6.07) is 21.6. The molecule has 6 aromatic rings. The van der Waals surface area contributed by atoms with E-state index in [-0.39, 0.29) is 11.7 Å². The number of nitrogens with one attached hydrogen (secondary N) is 1. The van der Waals surface area contributed by atoms with E-state index in [4.69, 9.17) is 9.40 Å². The van der Waals surface area contributed by atoms with Crippen LogP contribution < -0.4 is 9.62 Å². The van der Waals surface area contributed by atoms with Gasteiger partial charge in [0.15, 0.2) is 0 Å². The van der Waals surface area contributed by atoms with Gasteiger partial charge in [0, 0.05) is 54.1 Å². The summed E-state index contributed by atoms with van der Waals surface area (Å²) in [5.41, 5.74) is 7.50. The van der Waals surface area contributed by atoms with Crippen LogP contribution in [0.15, 0.2) is 77.2 Å². The van der Waals surface area contributed by atoms with Crippen molar-refractivity contribution in [2.45, 2.75) is 19.9 Å². The van der Waals surface area contributed by atoms with Gasteiger partial charge in [-0.25, -0.2) is 17.8 Å². The Bertz CT molecular complexity index is 2250. The number of hydrogen-bond acceptors (Lipinski definition) is 5. The molecular formula is C34H29FN4O4S. The number of hydrogen-bond donors (Lipinski definition) is 1. The summed E-state index contributed by atoms with van der Waals surface area (Å²) in [7, 11) is -0.640. The second kappa shape index (κ2) is 10.1. The van der Waals surface area contributed by atoms with Crippen molar-refractivity contribution in [1.29, 1.82) is 0 Å². The quantitative estimate of drug-likeness (QED) is 0.240. The van der Waals surface area contributed by atoms with Gasteiger partial charge in [-0.2, -0.15) is 0 Å². The van der Waals surface area contributed by atoms with Gasteiger partial charge in [-0.15, -0.1) is 0 Å². The predicted octanol–water partition coefficient (Wildman–Crippen LogP) is 6.54. The molecule has 4 heterocycles. The van der Waals surface area contributed by atoms with Crippen molar-refractivity contribution in [3.63, 3.8) is 0 Å². The minimum absolute atomic E-state index is 0.304. The molecule has 1 aliphatic heterocycles. The Morgan fingerprint density at radius 2 is 1.82 bits per heavy atom. The molecule has 1 amide bonds. The van der Waals surface area contributed by atoms with Crippen LogP contribution in [0.5, 0.6) is 0 Å². The Balaban J connectivity index is 1.49. The highest BCUT2D eigenvalue weighted by Gasteiger charge is 2.27. The van der Waals surface area contributed by atoms with Crippen LogP contribution in [0.1, 0.15) is 21.5 Å². The normalized spacial score (nSPS) is 12.8. The molecule has 10 heteroatoms. The maximum absolute atomic E-state index is 14.1. The van der Waals surface area contributed by atoms with E-state index in [9.17, 15) is 17.6 Å². The van der Waals surface area contributed by atoms with Crippen LogP contribution >= 0.6 is 0 Å². The molecule has 0 fully saturated rings. The first-order chi connectivity index (χ1) is 21.0. The topological polar surface area (TPSA) is 97.4 Å². The number of halogens is 1. The monoisotopic (exact) mass is 608 g/mol. The molecule has 222 valence electrons. The second-order valence-corrected chi connectivity index (χ2v) is 13.2. The molecular weight excluding hydrogens is 579 g/mol. The van der Waals surface area contributed by atoms with E-state index >= 15 is 0 Å². The molecule has 8 nitrogen and oxygen atoms in total. The largest absolute Gasteiger partial charge is 0.455 e. The molecule has 0 aliphatic carbocycles. The van der Waals surface area contributed by atoms with E-state index in [1.807, 2.05) is 49.4 Å². The number of aromatic nitrogens is 2. The Labute approximate surface area is 253 Å². The van der Waals surface area contributed by atoms with Gasteiger partial charge < -0.3 is 14.3 Å². The number of carbonyl (C=O) groups excluding carboxylic acids is 1. The summed E-state index contributed by atoms with van der Waals surface area (Å²) in [5, 5.41) is 4.04. The second-order valence-electron chi connectivity index (χ2n) is 11.2. The zero-order valence-corrected chi connectivity index (χ0v) is 25.4. The highest BCUT2D eigenvalue weighted by Crippen LogP contribution is 2.42. The van der Waals surface area contributed by atoms with Gasteiger partial charge in [0.1, 0.15) is 17.2 Å². The molecule has 0 saturated carbocycles. The Morgan fingerprint density at radius 3 is 2.55 bits per heavy atom. The molecule has 0 bridgehead atoms. The van der Waals surface area contributed by atoms with Gasteiger partial charge in [0.2, 0.25) is 10.0 Å². The summed E-state index contributed by atoms with van der Waals surface area (Å²) in [5.74, 6) is -0.245. The van der Waals surface area contributed by atoms with Crippen LogP contribution in [0.2, 0.25) is 0 Å². The van der Waals surface area contributed by atoms with Crippen LogP contribution in [0.3, 0.4) is 0 Å². The summed E-state index contributed by atoms with van der Waals surface area (Å²) < 4.78 is 49.3. The summed E-state index contributed by atoms with van der Waals surface area (Å²) >= 11 is 0. The van der Waals surface area contributed by atoms with E-state index in [2.05, 4.69) is 9.88 Å². The minimum atomic E-state index is -3.68. The first-order valence-corrected chi connectivity index (χ1v) is 16.0. The maximum Gasteiger partial charge on any atom is 0.255 e. The van der Waals surface area contributed by atoms with Crippen molar-refractivity contribution in [3.8, 4) is 34.0 Å². The smallest absolute Gasteiger partial charge is 0.255 e. The number of benzene rings is 3. The Hall–Kier alpha value is -4.96. The molecule has 3 aromatic carbocycles. The van der Waals surface area contributed by atoms with Crippen molar-refractivity contribution in [3.05, 3.63) is 95.3 Å². The summed E-state index contributed by atoms with van der Waals surface area (Å²) in [4.78, 5) is 18.4. The number of sulfonamides is 1. The van der Waals surface area contributed by atoms with Crippen molar-refractivity contribution in [1.82, 2.24) is 14.9 Å². The van der Waals surface area contributed by atoms with Crippen LogP contribution in [0, 0.1) is 12.7 Å². The zero-order valence-electron chi connectivity index (χ0n) is 24.6.